The summed E-state index contributed by atoms with van der Waals surface area (Å²) in [4.78, 5) is 11.7. The average Bonchev–Trinajstić information content (AvgIpc) is 2.81. The summed E-state index contributed by atoms with van der Waals surface area (Å²) in [5.41, 5.74) is 4.43. The van der Waals surface area contributed by atoms with Crippen LogP contribution in [0.3, 0.4) is 0 Å². The molecule has 30 heavy (non-hydrogen) atoms. The van der Waals surface area contributed by atoms with Gasteiger partial charge in [0.15, 0.2) is 5.78 Å². The molecule has 0 aliphatic carbocycles. The number of rotatable bonds is 9. The van der Waals surface area contributed by atoms with Crippen molar-refractivity contribution >= 4 is 34.2 Å². The molecule has 0 aliphatic heterocycles. The minimum atomic E-state index is 0.0866. The highest BCUT2D eigenvalue weighted by Crippen LogP contribution is 2.24. The molecule has 3 aromatic rings. The molecular weight excluding hydrogens is 378 g/mol. The van der Waals surface area contributed by atoms with Gasteiger partial charge in [-0.2, -0.15) is 20.5 Å². The number of benzene rings is 3. The first-order valence-electron chi connectivity index (χ1n) is 9.69. The molecule has 0 bridgehead atoms. The highest BCUT2D eigenvalue weighted by Gasteiger charge is 2.02. The largest absolute Gasteiger partial charge is 0.395 e. The van der Waals surface area contributed by atoms with E-state index in [-0.39, 0.29) is 12.4 Å². The molecule has 0 saturated carbocycles. The number of nitrogens with zero attached hydrogens (tertiary/aromatic N) is 4. The van der Waals surface area contributed by atoms with E-state index in [0.29, 0.717) is 35.6 Å². The summed E-state index contributed by atoms with van der Waals surface area (Å²) < 4.78 is 0. The highest BCUT2D eigenvalue weighted by atomic mass is 16.3. The summed E-state index contributed by atoms with van der Waals surface area (Å²) >= 11 is 0. The van der Waals surface area contributed by atoms with Crippen LogP contribution in [0.4, 0.5) is 28.4 Å². The first kappa shape index (κ1) is 21.0. The minimum absolute atomic E-state index is 0.0866. The summed E-state index contributed by atoms with van der Waals surface area (Å²) in [5, 5.41) is 28.7. The summed E-state index contributed by atoms with van der Waals surface area (Å²) in [7, 11) is 0. The zero-order valence-corrected chi connectivity index (χ0v) is 16.7. The van der Waals surface area contributed by atoms with Gasteiger partial charge in [-0.15, -0.1) is 0 Å². The van der Waals surface area contributed by atoms with Crippen molar-refractivity contribution in [3.63, 3.8) is 0 Å². The topological polar surface area (TPSA) is 98.8 Å². The number of anilines is 1. The van der Waals surface area contributed by atoms with Crippen molar-refractivity contribution in [1.82, 2.24) is 0 Å². The first-order valence-corrected chi connectivity index (χ1v) is 9.69. The molecule has 0 atom stereocenters. The second kappa shape index (κ2) is 10.7. The van der Waals surface area contributed by atoms with Crippen molar-refractivity contribution in [1.29, 1.82) is 0 Å². The van der Waals surface area contributed by atoms with E-state index in [2.05, 4.69) is 25.8 Å². The van der Waals surface area contributed by atoms with Crippen LogP contribution in [0, 0.1) is 0 Å². The Kier molecular flexibility index (Phi) is 7.51. The van der Waals surface area contributed by atoms with Crippen LogP contribution in [0.5, 0.6) is 0 Å². The van der Waals surface area contributed by atoms with E-state index in [1.165, 1.54) is 0 Å². The van der Waals surface area contributed by atoms with Crippen molar-refractivity contribution < 1.29 is 9.90 Å². The van der Waals surface area contributed by atoms with E-state index >= 15 is 0 Å². The molecule has 0 amide bonds. The third-order valence-electron chi connectivity index (χ3n) is 4.23. The van der Waals surface area contributed by atoms with Gasteiger partial charge in [-0.3, -0.25) is 4.79 Å². The maximum atomic E-state index is 11.7. The molecule has 0 spiro atoms. The molecule has 7 heteroatoms. The normalized spacial score (nSPS) is 11.3. The molecule has 3 rings (SSSR count). The Bertz CT molecular complexity index is 1010. The number of hydrogen-bond donors (Lipinski definition) is 2. The maximum absolute atomic E-state index is 11.7. The predicted molar refractivity (Wildman–Crippen MR) is 118 cm³/mol. The quantitative estimate of drug-likeness (QED) is 0.315. The number of aliphatic hydroxyl groups is 1. The van der Waals surface area contributed by atoms with Crippen LogP contribution in [0.15, 0.2) is 93.3 Å². The predicted octanol–water partition coefficient (Wildman–Crippen LogP) is 6.51. The van der Waals surface area contributed by atoms with Gasteiger partial charge in [0.25, 0.3) is 0 Å². The second-order valence-corrected chi connectivity index (χ2v) is 6.44. The lowest BCUT2D eigenvalue weighted by Gasteiger charge is -2.03. The van der Waals surface area contributed by atoms with Crippen molar-refractivity contribution in [2.45, 2.75) is 13.3 Å². The number of hydrogen-bond acceptors (Lipinski definition) is 7. The maximum Gasteiger partial charge on any atom is 0.162 e. The van der Waals surface area contributed by atoms with Gasteiger partial charge in [0.2, 0.25) is 0 Å². The third kappa shape index (κ3) is 6.15. The number of Topliss-reactive ketones (excluding diaryl/α,β-unsaturated/α-hetero) is 1. The Labute approximate surface area is 175 Å². The average molecular weight is 401 g/mol. The van der Waals surface area contributed by atoms with E-state index in [4.69, 9.17) is 5.11 Å². The summed E-state index contributed by atoms with van der Waals surface area (Å²) in [5.74, 6) is 0.109. The van der Waals surface area contributed by atoms with Crippen LogP contribution in [0.2, 0.25) is 0 Å². The van der Waals surface area contributed by atoms with E-state index in [0.717, 1.165) is 11.4 Å². The Hall–Kier alpha value is -3.71. The SMILES string of the molecule is CCC(=O)c1ccc(N=Nc2ccc(N=Nc3ccc(NCCO)cc3)cc2)cc1. The zero-order chi connectivity index (χ0) is 21.2. The van der Waals surface area contributed by atoms with Gasteiger partial charge >= 0.3 is 0 Å². The van der Waals surface area contributed by atoms with E-state index < -0.39 is 0 Å². The van der Waals surface area contributed by atoms with Crippen molar-refractivity contribution in [3.05, 3.63) is 78.4 Å². The van der Waals surface area contributed by atoms with Gasteiger partial charge in [0.05, 0.1) is 29.4 Å². The van der Waals surface area contributed by atoms with Crippen molar-refractivity contribution in [2.24, 2.45) is 20.5 Å². The van der Waals surface area contributed by atoms with Crippen LogP contribution in [0.1, 0.15) is 23.7 Å². The lowest BCUT2D eigenvalue weighted by molar-refractivity contribution is 0.0988. The molecule has 2 N–H and O–H groups in total. The van der Waals surface area contributed by atoms with Crippen molar-refractivity contribution in [2.75, 3.05) is 18.5 Å². The lowest BCUT2D eigenvalue weighted by atomic mass is 10.1. The molecule has 0 aliphatic rings. The van der Waals surface area contributed by atoms with Gasteiger partial charge in [0.1, 0.15) is 0 Å². The first-order chi connectivity index (χ1) is 14.7. The number of carbonyl (C=O) groups excluding carboxylic acids is 1. The molecule has 0 aromatic heterocycles. The van der Waals surface area contributed by atoms with Gasteiger partial charge in [0, 0.05) is 24.2 Å². The lowest BCUT2D eigenvalue weighted by Crippen LogP contribution is -2.04. The fourth-order valence-electron chi connectivity index (χ4n) is 2.58. The monoisotopic (exact) mass is 401 g/mol. The molecular formula is C23H23N5O2. The minimum Gasteiger partial charge on any atom is -0.395 e. The molecule has 7 nitrogen and oxygen atoms in total. The Balaban J connectivity index is 1.58. The molecule has 0 unspecified atom stereocenters. The third-order valence-corrected chi connectivity index (χ3v) is 4.23. The van der Waals surface area contributed by atoms with Gasteiger partial charge in [-0.1, -0.05) is 6.92 Å². The number of azo groups is 2. The number of carbonyl (C=O) groups is 1. The fourth-order valence-corrected chi connectivity index (χ4v) is 2.58. The van der Waals surface area contributed by atoms with Crippen LogP contribution >= 0.6 is 0 Å². The Morgan fingerprint density at radius 2 is 1.13 bits per heavy atom. The van der Waals surface area contributed by atoms with Crippen LogP contribution < -0.4 is 5.32 Å². The van der Waals surface area contributed by atoms with Gasteiger partial charge in [-0.05, 0) is 72.8 Å². The molecule has 3 aromatic carbocycles. The van der Waals surface area contributed by atoms with Crippen LogP contribution in [-0.2, 0) is 0 Å². The van der Waals surface area contributed by atoms with E-state index in [1.807, 2.05) is 55.5 Å². The smallest absolute Gasteiger partial charge is 0.162 e. The number of nitrogens with one attached hydrogen (secondary N) is 1. The number of aliphatic hydroxyl groups excluding tert-OH is 1. The Morgan fingerprint density at radius 1 is 0.733 bits per heavy atom. The van der Waals surface area contributed by atoms with Gasteiger partial charge in [-0.25, -0.2) is 0 Å². The molecule has 0 heterocycles. The standard InChI is InChI=1S/C23H23N5O2/c1-2-23(30)17-3-5-19(6-4-17)25-27-21-11-13-22(14-12-21)28-26-20-9-7-18(8-10-20)24-15-16-29/h3-14,24,29H,2,15-16H2,1H3. The van der Waals surface area contributed by atoms with E-state index in [9.17, 15) is 4.79 Å². The summed E-state index contributed by atoms with van der Waals surface area (Å²) in [6.45, 7) is 2.44. The summed E-state index contributed by atoms with van der Waals surface area (Å²) in [6.07, 6.45) is 0.484. The van der Waals surface area contributed by atoms with Crippen LogP contribution in [0.25, 0.3) is 0 Å². The van der Waals surface area contributed by atoms with E-state index in [1.54, 1.807) is 24.3 Å². The second-order valence-electron chi connectivity index (χ2n) is 6.44. The highest BCUT2D eigenvalue weighted by molar-refractivity contribution is 5.96. The molecule has 0 fully saturated rings. The molecule has 0 radical (unpaired) electrons. The zero-order valence-electron chi connectivity index (χ0n) is 16.7. The van der Waals surface area contributed by atoms with Crippen molar-refractivity contribution in [3.8, 4) is 0 Å². The fraction of sp³-hybridized carbons (Fsp3) is 0.174. The van der Waals surface area contributed by atoms with Crippen LogP contribution in [-0.4, -0.2) is 24.0 Å². The summed E-state index contributed by atoms with van der Waals surface area (Å²) in [6, 6.07) is 21.8. The Morgan fingerprint density at radius 3 is 1.53 bits per heavy atom. The molecule has 0 saturated heterocycles. The molecule has 152 valence electrons. The van der Waals surface area contributed by atoms with Gasteiger partial charge < -0.3 is 10.4 Å². The number of ketones is 1.